The molecule has 0 atom stereocenters. The van der Waals surface area contributed by atoms with E-state index in [1.807, 2.05) is 0 Å². The number of nitrogens with zero attached hydrogens (tertiary/aromatic N) is 3. The molecule has 0 bridgehead atoms. The van der Waals surface area contributed by atoms with Crippen LogP contribution in [0.3, 0.4) is 0 Å². The minimum atomic E-state index is 0.741. The van der Waals surface area contributed by atoms with Crippen LogP contribution in [0.5, 0.6) is 0 Å². The molecule has 3 rings (SSSR count). The summed E-state index contributed by atoms with van der Waals surface area (Å²) in [6, 6.07) is 8.45. The van der Waals surface area contributed by atoms with Crippen molar-refractivity contribution in [3.63, 3.8) is 0 Å². The fourth-order valence-electron chi connectivity index (χ4n) is 2.41. The molecule has 1 aromatic carbocycles. The van der Waals surface area contributed by atoms with Crippen LogP contribution in [0.1, 0.15) is 24.5 Å². The van der Waals surface area contributed by atoms with Gasteiger partial charge in [0.05, 0.1) is 6.54 Å². The molecule has 100 valence electrons. The maximum atomic E-state index is 4.30. The summed E-state index contributed by atoms with van der Waals surface area (Å²) < 4.78 is 2.26. The molecule has 19 heavy (non-hydrogen) atoms. The van der Waals surface area contributed by atoms with Gasteiger partial charge in [-0.15, -0.1) is 22.0 Å². The molecule has 4 nitrogen and oxygen atoms in total. The van der Waals surface area contributed by atoms with Crippen LogP contribution in [-0.4, -0.2) is 21.0 Å². The van der Waals surface area contributed by atoms with E-state index in [0.717, 1.165) is 36.8 Å². The number of fused-ring (bicyclic) bond motifs is 1. The quantitative estimate of drug-likeness (QED) is 0.871. The van der Waals surface area contributed by atoms with E-state index in [0.29, 0.717) is 0 Å². The number of hydrogen-bond donors (Lipinski definition) is 1. The van der Waals surface area contributed by atoms with E-state index in [1.54, 1.807) is 11.8 Å². The summed E-state index contributed by atoms with van der Waals surface area (Å²) in [4.78, 5) is 1.27. The Morgan fingerprint density at radius 3 is 3.16 bits per heavy atom. The van der Waals surface area contributed by atoms with Crippen molar-refractivity contribution in [3.05, 3.63) is 35.9 Å². The van der Waals surface area contributed by atoms with Gasteiger partial charge in [0.15, 0.2) is 5.82 Å². The normalized spacial score (nSPS) is 14.2. The molecule has 5 heteroatoms. The van der Waals surface area contributed by atoms with Crippen molar-refractivity contribution in [2.75, 3.05) is 11.6 Å². The van der Waals surface area contributed by atoms with Crippen molar-refractivity contribution in [1.82, 2.24) is 14.8 Å². The van der Waals surface area contributed by atoms with Crippen molar-refractivity contribution in [1.29, 1.82) is 0 Å². The Morgan fingerprint density at radius 1 is 1.32 bits per heavy atom. The second-order valence-electron chi connectivity index (χ2n) is 4.73. The van der Waals surface area contributed by atoms with Crippen LogP contribution in [0.2, 0.25) is 0 Å². The number of rotatable bonds is 4. The molecule has 0 fully saturated rings. The molecular weight excluding hydrogens is 256 g/mol. The molecule has 0 amide bonds. The van der Waals surface area contributed by atoms with Crippen molar-refractivity contribution >= 4 is 17.4 Å². The van der Waals surface area contributed by atoms with Gasteiger partial charge in [-0.05, 0) is 37.3 Å². The van der Waals surface area contributed by atoms with E-state index in [9.17, 15) is 0 Å². The van der Waals surface area contributed by atoms with Crippen molar-refractivity contribution in [2.24, 2.45) is 0 Å². The highest BCUT2D eigenvalue weighted by atomic mass is 32.2. The molecular formula is C14H18N4S. The highest BCUT2D eigenvalue weighted by Gasteiger charge is 2.15. The van der Waals surface area contributed by atoms with E-state index in [4.69, 9.17) is 0 Å². The van der Waals surface area contributed by atoms with E-state index in [1.165, 1.54) is 17.7 Å². The summed E-state index contributed by atoms with van der Waals surface area (Å²) in [5.41, 5.74) is 1.14. The number of aryl methyl sites for hydroxylation is 1. The Labute approximate surface area is 117 Å². The van der Waals surface area contributed by atoms with Gasteiger partial charge in [-0.2, -0.15) is 0 Å². The van der Waals surface area contributed by atoms with E-state index in [2.05, 4.69) is 50.6 Å². The zero-order valence-corrected chi connectivity index (χ0v) is 11.9. The molecule has 0 saturated heterocycles. The fraction of sp³-hybridized carbons (Fsp3) is 0.429. The lowest BCUT2D eigenvalue weighted by atomic mass is 10.2. The largest absolute Gasteiger partial charge is 0.378 e. The van der Waals surface area contributed by atoms with Crippen molar-refractivity contribution in [2.45, 2.75) is 37.2 Å². The molecule has 1 aliphatic rings. The third-order valence-electron chi connectivity index (χ3n) is 3.46. The fourth-order valence-corrected chi connectivity index (χ4v) is 2.87. The van der Waals surface area contributed by atoms with Crippen LogP contribution >= 0.6 is 11.8 Å². The van der Waals surface area contributed by atoms with Crippen molar-refractivity contribution in [3.8, 4) is 0 Å². The lowest BCUT2D eigenvalue weighted by Crippen LogP contribution is -2.15. The molecule has 2 aromatic rings. The number of nitrogens with one attached hydrogen (secondary N) is 1. The van der Waals surface area contributed by atoms with E-state index in [-0.39, 0.29) is 0 Å². The molecule has 0 saturated carbocycles. The highest BCUT2D eigenvalue weighted by molar-refractivity contribution is 7.98. The first kappa shape index (κ1) is 12.5. The van der Waals surface area contributed by atoms with Crippen LogP contribution < -0.4 is 5.32 Å². The van der Waals surface area contributed by atoms with Gasteiger partial charge in [-0.1, -0.05) is 6.07 Å². The minimum absolute atomic E-state index is 0.741. The molecule has 1 aliphatic heterocycles. The van der Waals surface area contributed by atoms with Crippen LogP contribution in [-0.2, 0) is 19.5 Å². The van der Waals surface area contributed by atoms with Crippen LogP contribution in [0, 0.1) is 0 Å². The van der Waals surface area contributed by atoms with Gasteiger partial charge in [-0.25, -0.2) is 0 Å². The van der Waals surface area contributed by atoms with Gasteiger partial charge in [0.25, 0.3) is 0 Å². The summed E-state index contributed by atoms with van der Waals surface area (Å²) in [7, 11) is 0. The van der Waals surface area contributed by atoms with E-state index >= 15 is 0 Å². The minimum Gasteiger partial charge on any atom is -0.378 e. The lowest BCUT2D eigenvalue weighted by molar-refractivity contribution is 0.510. The number of hydrogen-bond acceptors (Lipinski definition) is 4. The monoisotopic (exact) mass is 274 g/mol. The zero-order chi connectivity index (χ0) is 13.1. The zero-order valence-electron chi connectivity index (χ0n) is 11.1. The van der Waals surface area contributed by atoms with Gasteiger partial charge < -0.3 is 9.88 Å². The Balaban J connectivity index is 1.70. The van der Waals surface area contributed by atoms with Crippen LogP contribution in [0.4, 0.5) is 5.69 Å². The van der Waals surface area contributed by atoms with E-state index < -0.39 is 0 Å². The first-order valence-corrected chi connectivity index (χ1v) is 7.88. The molecule has 1 aromatic heterocycles. The van der Waals surface area contributed by atoms with Crippen LogP contribution in [0.15, 0.2) is 29.2 Å². The Hall–Kier alpha value is -1.49. The first-order valence-electron chi connectivity index (χ1n) is 6.66. The number of benzene rings is 1. The first-order chi connectivity index (χ1) is 9.36. The Bertz CT molecular complexity index is 564. The summed E-state index contributed by atoms with van der Waals surface area (Å²) in [5, 5.41) is 12.0. The lowest BCUT2D eigenvalue weighted by Gasteiger charge is -2.15. The molecule has 1 N–H and O–H groups in total. The number of aromatic nitrogens is 3. The average molecular weight is 274 g/mol. The molecule has 0 aliphatic carbocycles. The number of thioether (sulfide) groups is 1. The third-order valence-corrected chi connectivity index (χ3v) is 4.18. The topological polar surface area (TPSA) is 42.7 Å². The maximum absolute atomic E-state index is 4.30. The Kier molecular flexibility index (Phi) is 3.73. The van der Waals surface area contributed by atoms with Gasteiger partial charge in [0.1, 0.15) is 5.82 Å². The SMILES string of the molecule is CSc1cccc(NCc2nnc3n2CCCC3)c1. The summed E-state index contributed by atoms with van der Waals surface area (Å²) in [6.45, 7) is 1.80. The summed E-state index contributed by atoms with van der Waals surface area (Å²) in [5.74, 6) is 2.19. The average Bonchev–Trinajstić information content (AvgIpc) is 2.89. The van der Waals surface area contributed by atoms with Crippen molar-refractivity contribution < 1.29 is 0 Å². The second-order valence-corrected chi connectivity index (χ2v) is 5.61. The van der Waals surface area contributed by atoms with Gasteiger partial charge in [0.2, 0.25) is 0 Å². The second kappa shape index (κ2) is 5.65. The standard InChI is InChI=1S/C14H18N4S/c1-19-12-6-4-5-11(9-12)15-10-14-17-16-13-7-2-3-8-18(13)14/h4-6,9,15H,2-3,7-8,10H2,1H3. The smallest absolute Gasteiger partial charge is 0.152 e. The predicted molar refractivity (Wildman–Crippen MR) is 78.5 cm³/mol. The van der Waals surface area contributed by atoms with Gasteiger partial charge >= 0.3 is 0 Å². The van der Waals surface area contributed by atoms with Gasteiger partial charge in [-0.3, -0.25) is 0 Å². The molecule has 0 spiro atoms. The predicted octanol–water partition coefficient (Wildman–Crippen LogP) is 2.95. The molecule has 0 unspecified atom stereocenters. The van der Waals surface area contributed by atoms with Gasteiger partial charge in [0, 0.05) is 23.5 Å². The van der Waals surface area contributed by atoms with Crippen LogP contribution in [0.25, 0.3) is 0 Å². The third kappa shape index (κ3) is 2.76. The molecule has 2 heterocycles. The summed E-state index contributed by atoms with van der Waals surface area (Å²) in [6.07, 6.45) is 5.63. The maximum Gasteiger partial charge on any atom is 0.152 e. The number of anilines is 1. The molecule has 0 radical (unpaired) electrons. The highest BCUT2D eigenvalue weighted by Crippen LogP contribution is 2.20. The summed E-state index contributed by atoms with van der Waals surface area (Å²) >= 11 is 1.76. The Morgan fingerprint density at radius 2 is 2.26 bits per heavy atom.